The molecule has 2 heterocycles. The maximum absolute atomic E-state index is 12.6. The zero-order valence-electron chi connectivity index (χ0n) is 16.8. The molecule has 0 atom stereocenters. The number of benzene rings is 2. The Kier molecular flexibility index (Phi) is 6.93. The van der Waals surface area contributed by atoms with Gasteiger partial charge < -0.3 is 10.2 Å². The van der Waals surface area contributed by atoms with E-state index in [4.69, 9.17) is 0 Å². The summed E-state index contributed by atoms with van der Waals surface area (Å²) < 4.78 is 0. The van der Waals surface area contributed by atoms with E-state index in [2.05, 4.69) is 46.3 Å². The van der Waals surface area contributed by atoms with Crippen LogP contribution in [0.15, 0.2) is 42.5 Å². The van der Waals surface area contributed by atoms with Gasteiger partial charge in [0.05, 0.1) is 0 Å². The first-order chi connectivity index (χ1) is 13.6. The second-order valence-corrected chi connectivity index (χ2v) is 7.76. The van der Waals surface area contributed by atoms with Crippen LogP contribution in [0.2, 0.25) is 0 Å². The van der Waals surface area contributed by atoms with E-state index in [-0.39, 0.29) is 24.1 Å². The van der Waals surface area contributed by atoms with E-state index in [1.165, 1.54) is 11.3 Å². The van der Waals surface area contributed by atoms with E-state index in [9.17, 15) is 9.59 Å². The van der Waals surface area contributed by atoms with Gasteiger partial charge in [-0.05, 0) is 49.2 Å². The van der Waals surface area contributed by atoms with Crippen molar-refractivity contribution in [3.05, 3.63) is 59.2 Å². The number of anilines is 2. The van der Waals surface area contributed by atoms with Crippen LogP contribution in [0.3, 0.4) is 0 Å². The van der Waals surface area contributed by atoms with Crippen molar-refractivity contribution in [2.75, 3.05) is 42.9 Å². The Labute approximate surface area is 178 Å². The maximum Gasteiger partial charge on any atom is 0.224 e. The average Bonchev–Trinajstić information content (AvgIpc) is 2.72. The number of piperazine rings is 1. The lowest BCUT2D eigenvalue weighted by Crippen LogP contribution is -2.46. The number of hydrogen-bond donors (Lipinski definition) is 1. The predicted octanol–water partition coefficient (Wildman–Crippen LogP) is 3.70. The van der Waals surface area contributed by atoms with Crippen LogP contribution >= 0.6 is 12.4 Å². The highest BCUT2D eigenvalue weighted by molar-refractivity contribution is 5.99. The van der Waals surface area contributed by atoms with E-state index in [1.807, 2.05) is 18.2 Å². The molecule has 4 rings (SSSR count). The van der Waals surface area contributed by atoms with Crippen LogP contribution in [-0.2, 0) is 11.2 Å². The van der Waals surface area contributed by atoms with Gasteiger partial charge in [-0.15, -0.1) is 12.4 Å². The van der Waals surface area contributed by atoms with Crippen LogP contribution in [0.25, 0.3) is 0 Å². The topological polar surface area (TPSA) is 52.7 Å². The lowest BCUT2D eigenvalue weighted by Gasteiger charge is -2.36. The maximum atomic E-state index is 12.6. The van der Waals surface area contributed by atoms with E-state index in [0.29, 0.717) is 19.3 Å². The Bertz CT molecular complexity index is 874. The number of halogens is 1. The minimum absolute atomic E-state index is 0. The van der Waals surface area contributed by atoms with Gasteiger partial charge in [0.15, 0.2) is 5.78 Å². The van der Waals surface area contributed by atoms with Crippen LogP contribution in [-0.4, -0.2) is 49.3 Å². The molecule has 0 aliphatic carbocycles. The van der Waals surface area contributed by atoms with Gasteiger partial charge in [0.1, 0.15) is 0 Å². The highest BCUT2D eigenvalue weighted by atomic mass is 35.5. The molecule has 154 valence electrons. The van der Waals surface area contributed by atoms with Gasteiger partial charge >= 0.3 is 0 Å². The van der Waals surface area contributed by atoms with Crippen molar-refractivity contribution in [1.29, 1.82) is 0 Å². The molecule has 6 heteroatoms. The summed E-state index contributed by atoms with van der Waals surface area (Å²) in [5, 5.41) is 2.87. The van der Waals surface area contributed by atoms with Gasteiger partial charge in [0.25, 0.3) is 0 Å². The second kappa shape index (κ2) is 9.42. The van der Waals surface area contributed by atoms with Gasteiger partial charge in [-0.3, -0.25) is 14.5 Å². The van der Waals surface area contributed by atoms with Gasteiger partial charge in [0.2, 0.25) is 5.91 Å². The summed E-state index contributed by atoms with van der Waals surface area (Å²) in [6, 6.07) is 14.3. The summed E-state index contributed by atoms with van der Waals surface area (Å²) in [5.41, 5.74) is 5.23. The number of ketones is 1. The van der Waals surface area contributed by atoms with E-state index in [0.717, 1.165) is 49.5 Å². The summed E-state index contributed by atoms with van der Waals surface area (Å²) >= 11 is 0. The number of amides is 1. The number of hydrogen-bond acceptors (Lipinski definition) is 4. The number of fused-ring (bicyclic) bond motifs is 1. The molecular formula is C23H28ClN3O2. The Morgan fingerprint density at radius 1 is 1.00 bits per heavy atom. The van der Waals surface area contributed by atoms with Crippen molar-refractivity contribution in [3.8, 4) is 0 Å². The summed E-state index contributed by atoms with van der Waals surface area (Å²) in [7, 11) is 0. The van der Waals surface area contributed by atoms with E-state index in [1.54, 1.807) is 0 Å². The number of nitrogens with one attached hydrogen (secondary N) is 1. The SMILES string of the molecule is Cc1ccc(N2CCN(CCC(=O)c3ccc4c(c3)CCC(=O)N4)CC2)cc1.Cl. The fourth-order valence-corrected chi connectivity index (χ4v) is 3.95. The van der Waals surface area contributed by atoms with Gasteiger partial charge in [0, 0.05) is 62.5 Å². The van der Waals surface area contributed by atoms with Crippen LogP contribution in [0, 0.1) is 6.92 Å². The molecule has 1 fully saturated rings. The van der Waals surface area contributed by atoms with Crippen LogP contribution in [0.1, 0.15) is 34.3 Å². The third kappa shape index (κ3) is 5.17. The molecule has 0 aromatic heterocycles. The van der Waals surface area contributed by atoms with Crippen molar-refractivity contribution in [2.24, 2.45) is 0 Å². The molecule has 0 spiro atoms. The Balaban J connectivity index is 0.00000240. The smallest absolute Gasteiger partial charge is 0.224 e. The molecule has 5 nitrogen and oxygen atoms in total. The molecular weight excluding hydrogens is 386 g/mol. The molecule has 0 radical (unpaired) electrons. The molecule has 0 unspecified atom stereocenters. The van der Waals surface area contributed by atoms with Crippen LogP contribution in [0.5, 0.6) is 0 Å². The Hall–Kier alpha value is -2.37. The zero-order chi connectivity index (χ0) is 19.5. The second-order valence-electron chi connectivity index (χ2n) is 7.76. The molecule has 1 amide bonds. The molecule has 2 aromatic rings. The average molecular weight is 414 g/mol. The van der Waals surface area contributed by atoms with E-state index >= 15 is 0 Å². The molecule has 2 aliphatic rings. The molecule has 0 saturated carbocycles. The monoisotopic (exact) mass is 413 g/mol. The molecule has 1 saturated heterocycles. The lowest BCUT2D eigenvalue weighted by molar-refractivity contribution is -0.116. The molecule has 2 aromatic carbocycles. The first-order valence-corrected chi connectivity index (χ1v) is 10.1. The van der Waals surface area contributed by atoms with Crippen LogP contribution < -0.4 is 10.2 Å². The summed E-state index contributed by atoms with van der Waals surface area (Å²) in [5.74, 6) is 0.233. The molecule has 0 bridgehead atoms. The summed E-state index contributed by atoms with van der Waals surface area (Å²) in [6.45, 7) is 6.87. The van der Waals surface area contributed by atoms with Crippen molar-refractivity contribution >= 4 is 35.5 Å². The van der Waals surface area contributed by atoms with Crippen molar-refractivity contribution in [3.63, 3.8) is 0 Å². The normalized spacial score (nSPS) is 16.6. The minimum atomic E-state index is 0. The van der Waals surface area contributed by atoms with E-state index < -0.39 is 0 Å². The van der Waals surface area contributed by atoms with Crippen molar-refractivity contribution in [2.45, 2.75) is 26.2 Å². The molecule has 1 N–H and O–H groups in total. The first kappa shape index (κ1) is 21.3. The third-order valence-corrected chi connectivity index (χ3v) is 5.75. The first-order valence-electron chi connectivity index (χ1n) is 10.1. The number of aryl methyl sites for hydroxylation is 2. The van der Waals surface area contributed by atoms with Crippen molar-refractivity contribution in [1.82, 2.24) is 4.90 Å². The predicted molar refractivity (Wildman–Crippen MR) is 119 cm³/mol. The number of nitrogens with zero attached hydrogens (tertiary/aromatic N) is 2. The molecule has 29 heavy (non-hydrogen) atoms. The number of Topliss-reactive ketones (excluding diaryl/α,β-unsaturated/α-hetero) is 1. The number of rotatable bonds is 5. The number of carbonyl (C=O) groups is 2. The van der Waals surface area contributed by atoms with Gasteiger partial charge in [-0.25, -0.2) is 0 Å². The Morgan fingerprint density at radius 3 is 2.45 bits per heavy atom. The molecule has 2 aliphatic heterocycles. The largest absolute Gasteiger partial charge is 0.369 e. The lowest BCUT2D eigenvalue weighted by atomic mass is 9.98. The zero-order valence-corrected chi connectivity index (χ0v) is 17.6. The van der Waals surface area contributed by atoms with Gasteiger partial charge in [-0.1, -0.05) is 17.7 Å². The van der Waals surface area contributed by atoms with Gasteiger partial charge in [-0.2, -0.15) is 0 Å². The highest BCUT2D eigenvalue weighted by Crippen LogP contribution is 2.24. The van der Waals surface area contributed by atoms with Crippen molar-refractivity contribution < 1.29 is 9.59 Å². The number of carbonyl (C=O) groups excluding carboxylic acids is 2. The van der Waals surface area contributed by atoms with Crippen LogP contribution in [0.4, 0.5) is 11.4 Å². The fourth-order valence-electron chi connectivity index (χ4n) is 3.95. The highest BCUT2D eigenvalue weighted by Gasteiger charge is 2.20. The standard InChI is InChI=1S/C23H27N3O2.ClH/c1-17-2-6-20(7-3-17)26-14-12-25(13-15-26)11-10-22(27)19-4-8-21-18(16-19)5-9-23(28)24-21;/h2-4,6-8,16H,5,9-15H2,1H3,(H,24,28);1H. The summed E-state index contributed by atoms with van der Waals surface area (Å²) in [6.07, 6.45) is 1.74. The third-order valence-electron chi connectivity index (χ3n) is 5.75. The fraction of sp³-hybridized carbons (Fsp3) is 0.391. The Morgan fingerprint density at radius 2 is 1.72 bits per heavy atom. The quantitative estimate of drug-likeness (QED) is 0.759. The minimum Gasteiger partial charge on any atom is -0.369 e. The summed E-state index contributed by atoms with van der Waals surface area (Å²) in [4.78, 5) is 28.9.